The Hall–Kier alpha value is -2.70. The molecule has 32 heavy (non-hydrogen) atoms. The number of anilines is 2. The van der Waals surface area contributed by atoms with E-state index < -0.39 is 0 Å². The first-order chi connectivity index (χ1) is 15.5. The van der Waals surface area contributed by atoms with Crippen LogP contribution in [-0.4, -0.2) is 23.3 Å². The van der Waals surface area contributed by atoms with E-state index in [0.29, 0.717) is 11.5 Å². The van der Waals surface area contributed by atoms with Crippen LogP contribution < -0.4 is 9.80 Å². The minimum Gasteiger partial charge on any atom is -0.295 e. The first kappa shape index (κ1) is 21.2. The number of benzene rings is 3. The second-order valence-corrected chi connectivity index (χ2v) is 10.3. The maximum atomic E-state index is 12.6. The summed E-state index contributed by atoms with van der Waals surface area (Å²) in [5.74, 6) is 1.23. The van der Waals surface area contributed by atoms with Crippen molar-refractivity contribution in [3.05, 3.63) is 95.1 Å². The van der Waals surface area contributed by atoms with Crippen molar-refractivity contribution in [3.8, 4) is 0 Å². The van der Waals surface area contributed by atoms with Gasteiger partial charge < -0.3 is 0 Å². The van der Waals surface area contributed by atoms with E-state index in [2.05, 4.69) is 24.3 Å². The molecule has 0 aromatic heterocycles. The van der Waals surface area contributed by atoms with Gasteiger partial charge in [-0.15, -0.1) is 23.5 Å². The standard InChI is InChI=1S/C26H24N2O2S2/c1-17-3-11-21(12-4-17)27-23(29)15-31-25(27)19-7-9-20(10-8-19)26-28(24(30)16-32-26)22-13-5-18(2)6-14-22/h3-14,25-26H,15-16H2,1-2H3/t25-,26-/m1/s1. The van der Waals surface area contributed by atoms with Crippen molar-refractivity contribution in [1.29, 1.82) is 0 Å². The maximum Gasteiger partial charge on any atom is 0.238 e. The Labute approximate surface area is 197 Å². The first-order valence-electron chi connectivity index (χ1n) is 10.6. The highest BCUT2D eigenvalue weighted by atomic mass is 32.2. The van der Waals surface area contributed by atoms with E-state index in [9.17, 15) is 9.59 Å². The lowest BCUT2D eigenvalue weighted by Gasteiger charge is -2.26. The largest absolute Gasteiger partial charge is 0.295 e. The highest BCUT2D eigenvalue weighted by Gasteiger charge is 2.36. The van der Waals surface area contributed by atoms with Crippen LogP contribution in [0.5, 0.6) is 0 Å². The summed E-state index contributed by atoms with van der Waals surface area (Å²) in [5.41, 5.74) is 6.42. The van der Waals surface area contributed by atoms with E-state index in [1.807, 2.05) is 72.2 Å². The molecule has 2 saturated heterocycles. The number of hydrogen-bond acceptors (Lipinski definition) is 4. The van der Waals surface area contributed by atoms with Crippen molar-refractivity contribution in [3.63, 3.8) is 0 Å². The van der Waals surface area contributed by atoms with E-state index >= 15 is 0 Å². The van der Waals surface area contributed by atoms with Gasteiger partial charge in [-0.05, 0) is 49.2 Å². The van der Waals surface area contributed by atoms with E-state index in [-0.39, 0.29) is 22.6 Å². The molecule has 0 unspecified atom stereocenters. The SMILES string of the molecule is Cc1ccc(N2C(=O)CS[C@@H]2c2ccc([C@H]3SCC(=O)N3c3ccc(C)cc3)cc2)cc1. The van der Waals surface area contributed by atoms with Crippen molar-refractivity contribution in [2.75, 3.05) is 21.3 Å². The normalized spacial score (nSPS) is 20.9. The number of carbonyl (C=O) groups excluding carboxylic acids is 2. The molecule has 2 aliphatic rings. The number of amides is 2. The Bertz CT molecular complexity index is 1050. The molecule has 0 radical (unpaired) electrons. The smallest absolute Gasteiger partial charge is 0.238 e. The zero-order valence-electron chi connectivity index (χ0n) is 18.0. The van der Waals surface area contributed by atoms with Crippen LogP contribution in [-0.2, 0) is 9.59 Å². The van der Waals surface area contributed by atoms with Crippen molar-refractivity contribution in [2.24, 2.45) is 0 Å². The molecule has 2 fully saturated rings. The minimum atomic E-state index is -0.0367. The minimum absolute atomic E-state index is 0.0367. The predicted molar refractivity (Wildman–Crippen MR) is 134 cm³/mol. The van der Waals surface area contributed by atoms with Gasteiger partial charge in [0.25, 0.3) is 0 Å². The third kappa shape index (κ3) is 3.93. The van der Waals surface area contributed by atoms with Gasteiger partial charge in [-0.3, -0.25) is 19.4 Å². The third-order valence-electron chi connectivity index (χ3n) is 5.87. The van der Waals surface area contributed by atoms with Crippen molar-refractivity contribution in [2.45, 2.75) is 24.6 Å². The summed E-state index contributed by atoms with van der Waals surface area (Å²) < 4.78 is 0. The highest BCUT2D eigenvalue weighted by molar-refractivity contribution is 8.01. The van der Waals surface area contributed by atoms with Crippen LogP contribution in [0.15, 0.2) is 72.8 Å². The van der Waals surface area contributed by atoms with Crippen LogP contribution in [0, 0.1) is 13.8 Å². The summed E-state index contributed by atoms with van der Waals surface area (Å²) in [6.45, 7) is 4.10. The van der Waals surface area contributed by atoms with Gasteiger partial charge >= 0.3 is 0 Å². The predicted octanol–water partition coefficient (Wildman–Crippen LogP) is 5.86. The van der Waals surface area contributed by atoms with Gasteiger partial charge in [-0.25, -0.2) is 0 Å². The fraction of sp³-hybridized carbons (Fsp3) is 0.231. The monoisotopic (exact) mass is 460 g/mol. The van der Waals surface area contributed by atoms with E-state index in [1.54, 1.807) is 23.5 Å². The molecule has 2 amide bonds. The Morgan fingerprint density at radius 3 is 1.28 bits per heavy atom. The summed E-state index contributed by atoms with van der Waals surface area (Å²) in [5, 5.41) is -0.0735. The van der Waals surface area contributed by atoms with Crippen LogP contribution >= 0.6 is 23.5 Å². The number of thioether (sulfide) groups is 2. The van der Waals surface area contributed by atoms with Crippen LogP contribution in [0.2, 0.25) is 0 Å². The summed E-state index contributed by atoms with van der Waals surface area (Å²) in [6.07, 6.45) is 0. The zero-order chi connectivity index (χ0) is 22.2. The molecule has 0 aliphatic carbocycles. The van der Waals surface area contributed by atoms with E-state index in [1.165, 1.54) is 11.1 Å². The molecule has 0 saturated carbocycles. The second-order valence-electron chi connectivity index (χ2n) is 8.19. The number of hydrogen-bond donors (Lipinski definition) is 0. The van der Waals surface area contributed by atoms with Gasteiger partial charge in [0, 0.05) is 11.4 Å². The molecule has 0 N–H and O–H groups in total. The second kappa shape index (κ2) is 8.68. The fourth-order valence-corrected chi connectivity index (χ4v) is 6.49. The first-order valence-corrected chi connectivity index (χ1v) is 12.7. The third-order valence-corrected chi connectivity index (χ3v) is 8.29. The lowest BCUT2D eigenvalue weighted by molar-refractivity contribution is -0.116. The number of aryl methyl sites for hydroxylation is 2. The van der Waals surface area contributed by atoms with Gasteiger partial charge in [-0.2, -0.15) is 0 Å². The zero-order valence-corrected chi connectivity index (χ0v) is 19.7. The summed E-state index contributed by atoms with van der Waals surface area (Å²) in [6, 6.07) is 24.6. The van der Waals surface area contributed by atoms with E-state index in [0.717, 1.165) is 22.5 Å². The molecule has 2 atom stereocenters. The molecular formula is C26H24N2O2S2. The molecular weight excluding hydrogens is 436 g/mol. The molecule has 5 rings (SSSR count). The maximum absolute atomic E-state index is 12.6. The summed E-state index contributed by atoms with van der Waals surface area (Å²) >= 11 is 3.31. The lowest BCUT2D eigenvalue weighted by Crippen LogP contribution is -2.28. The van der Waals surface area contributed by atoms with Crippen molar-refractivity contribution < 1.29 is 9.59 Å². The summed E-state index contributed by atoms with van der Waals surface area (Å²) in [7, 11) is 0. The number of rotatable bonds is 4. The van der Waals surface area contributed by atoms with Gasteiger partial charge in [0.05, 0.1) is 11.5 Å². The molecule has 6 heteroatoms. The molecule has 4 nitrogen and oxygen atoms in total. The van der Waals surface area contributed by atoms with Gasteiger partial charge in [0.1, 0.15) is 10.7 Å². The molecule has 162 valence electrons. The van der Waals surface area contributed by atoms with Gasteiger partial charge in [0.15, 0.2) is 0 Å². The molecule has 2 heterocycles. The van der Waals surface area contributed by atoms with Crippen molar-refractivity contribution in [1.82, 2.24) is 0 Å². The topological polar surface area (TPSA) is 40.6 Å². The van der Waals surface area contributed by atoms with Gasteiger partial charge in [-0.1, -0.05) is 59.7 Å². The van der Waals surface area contributed by atoms with Crippen LogP contribution in [0.3, 0.4) is 0 Å². The van der Waals surface area contributed by atoms with Crippen LogP contribution in [0.4, 0.5) is 11.4 Å². The lowest BCUT2D eigenvalue weighted by atomic mass is 10.1. The molecule has 3 aromatic carbocycles. The Morgan fingerprint density at radius 1 is 0.594 bits per heavy atom. The molecule has 2 aliphatic heterocycles. The Balaban J connectivity index is 1.41. The van der Waals surface area contributed by atoms with Crippen LogP contribution in [0.25, 0.3) is 0 Å². The molecule has 0 spiro atoms. The molecule has 3 aromatic rings. The number of carbonyl (C=O) groups is 2. The van der Waals surface area contributed by atoms with Gasteiger partial charge in [0.2, 0.25) is 11.8 Å². The Morgan fingerprint density at radius 2 is 0.938 bits per heavy atom. The Kier molecular flexibility index (Phi) is 5.74. The molecule has 0 bridgehead atoms. The average Bonchev–Trinajstić information content (AvgIpc) is 3.38. The summed E-state index contributed by atoms with van der Waals surface area (Å²) in [4.78, 5) is 29.1. The van der Waals surface area contributed by atoms with Crippen molar-refractivity contribution >= 4 is 46.7 Å². The average molecular weight is 461 g/mol. The van der Waals surface area contributed by atoms with E-state index in [4.69, 9.17) is 0 Å². The highest BCUT2D eigenvalue weighted by Crippen LogP contribution is 2.44. The quantitative estimate of drug-likeness (QED) is 0.489. The van der Waals surface area contributed by atoms with Crippen LogP contribution in [0.1, 0.15) is 33.0 Å². The fourth-order valence-electron chi connectivity index (χ4n) is 4.14. The number of nitrogens with zero attached hydrogens (tertiary/aromatic N) is 2.